The van der Waals surface area contributed by atoms with Crippen LogP contribution in [0.3, 0.4) is 0 Å². The average molecular weight is 289 g/mol. The van der Waals surface area contributed by atoms with Crippen LogP contribution in [-0.4, -0.2) is 49.2 Å². The third-order valence-electron chi connectivity index (χ3n) is 3.43. The number of nitrogens with one attached hydrogen (secondary N) is 1. The Bertz CT molecular complexity index is 194. The summed E-state index contributed by atoms with van der Waals surface area (Å²) in [5.41, 5.74) is 0. The van der Waals surface area contributed by atoms with Gasteiger partial charge in [-0.1, -0.05) is 27.2 Å². The lowest BCUT2D eigenvalue weighted by atomic mass is 10.0. The third kappa shape index (κ3) is 12.9. The Hall–Kier alpha value is -0.160. The molecule has 0 amide bonds. The molecule has 0 radical (unpaired) electrons. The van der Waals surface area contributed by atoms with Crippen LogP contribution in [-0.2, 0) is 4.74 Å². The van der Waals surface area contributed by atoms with Crippen molar-refractivity contribution in [1.82, 2.24) is 5.32 Å². The summed E-state index contributed by atoms with van der Waals surface area (Å²) in [6.45, 7) is 9.38. The molecule has 0 rings (SSSR count). The molecule has 0 aliphatic rings. The first-order valence-corrected chi connectivity index (χ1v) is 8.17. The van der Waals surface area contributed by atoms with Gasteiger partial charge in [-0.15, -0.1) is 0 Å². The molecule has 0 spiro atoms. The summed E-state index contributed by atoms with van der Waals surface area (Å²) in [6.07, 6.45) is 4.89. The van der Waals surface area contributed by atoms with Gasteiger partial charge in [-0.05, 0) is 44.1 Å². The minimum Gasteiger partial charge on any atom is -0.396 e. The summed E-state index contributed by atoms with van der Waals surface area (Å²) >= 11 is 0. The lowest BCUT2D eigenvalue weighted by Crippen LogP contribution is -2.33. The molecule has 0 aromatic heterocycles. The van der Waals surface area contributed by atoms with E-state index in [4.69, 9.17) is 9.84 Å². The number of hydrogen-bond acceptors (Lipinski definition) is 4. The molecule has 0 saturated carbocycles. The lowest BCUT2D eigenvalue weighted by molar-refractivity contribution is 0.0342. The normalized spacial score (nSPS) is 14.7. The highest BCUT2D eigenvalue weighted by Gasteiger charge is 2.09. The zero-order chi connectivity index (χ0) is 15.2. The van der Waals surface area contributed by atoms with E-state index < -0.39 is 6.10 Å². The summed E-state index contributed by atoms with van der Waals surface area (Å²) in [4.78, 5) is 0. The van der Waals surface area contributed by atoms with Crippen LogP contribution in [0.5, 0.6) is 0 Å². The van der Waals surface area contributed by atoms with Gasteiger partial charge in [0.15, 0.2) is 0 Å². The molecule has 4 heteroatoms. The number of aliphatic hydroxyl groups is 2. The van der Waals surface area contributed by atoms with Crippen LogP contribution in [0.2, 0.25) is 0 Å². The minimum atomic E-state index is -0.439. The van der Waals surface area contributed by atoms with E-state index >= 15 is 0 Å². The Balaban J connectivity index is 3.49. The number of ether oxygens (including phenoxy) is 1. The smallest absolute Gasteiger partial charge is 0.0897 e. The van der Waals surface area contributed by atoms with Crippen LogP contribution >= 0.6 is 0 Å². The molecular weight excluding hydrogens is 254 g/mol. The first-order chi connectivity index (χ1) is 9.60. The largest absolute Gasteiger partial charge is 0.396 e. The summed E-state index contributed by atoms with van der Waals surface area (Å²) < 4.78 is 5.47. The zero-order valence-electron chi connectivity index (χ0n) is 13.6. The summed E-state index contributed by atoms with van der Waals surface area (Å²) in [7, 11) is 0. The van der Waals surface area contributed by atoms with Crippen molar-refractivity contribution in [3.63, 3.8) is 0 Å². The van der Waals surface area contributed by atoms with Crippen molar-refractivity contribution in [2.45, 2.75) is 59.0 Å². The molecule has 4 nitrogen and oxygen atoms in total. The van der Waals surface area contributed by atoms with E-state index in [1.807, 2.05) is 0 Å². The molecule has 0 heterocycles. The van der Waals surface area contributed by atoms with Crippen molar-refractivity contribution >= 4 is 0 Å². The second-order valence-corrected chi connectivity index (χ2v) is 6.09. The molecule has 2 unspecified atom stereocenters. The van der Waals surface area contributed by atoms with E-state index in [0.29, 0.717) is 25.0 Å². The van der Waals surface area contributed by atoms with Crippen LogP contribution in [0.15, 0.2) is 0 Å². The highest BCUT2D eigenvalue weighted by Crippen LogP contribution is 2.09. The van der Waals surface area contributed by atoms with Crippen molar-refractivity contribution in [3.8, 4) is 0 Å². The van der Waals surface area contributed by atoms with E-state index in [1.54, 1.807) is 0 Å². The highest BCUT2D eigenvalue weighted by molar-refractivity contribution is 4.65. The fraction of sp³-hybridized carbons (Fsp3) is 1.00. The molecule has 3 N–H and O–H groups in total. The van der Waals surface area contributed by atoms with Crippen LogP contribution in [0.4, 0.5) is 0 Å². The minimum absolute atomic E-state index is 0.244. The standard InChI is InChI=1S/C16H35NO3/c1-4-6-15(8-9-18)11-17-12-16(19)13-20-10-5-7-14(2)3/h14-19H,4-13H2,1-3H3. The van der Waals surface area contributed by atoms with E-state index in [9.17, 15) is 5.11 Å². The Morgan fingerprint density at radius 1 is 1.10 bits per heavy atom. The second-order valence-electron chi connectivity index (χ2n) is 6.09. The van der Waals surface area contributed by atoms with E-state index in [1.165, 1.54) is 6.42 Å². The van der Waals surface area contributed by atoms with Gasteiger partial charge < -0.3 is 20.3 Å². The van der Waals surface area contributed by atoms with Gasteiger partial charge in [0.05, 0.1) is 12.7 Å². The van der Waals surface area contributed by atoms with Gasteiger partial charge in [0.25, 0.3) is 0 Å². The highest BCUT2D eigenvalue weighted by atomic mass is 16.5. The maximum atomic E-state index is 9.79. The second kappa shape index (κ2) is 13.8. The van der Waals surface area contributed by atoms with Gasteiger partial charge in [-0.3, -0.25) is 0 Å². The fourth-order valence-corrected chi connectivity index (χ4v) is 2.27. The van der Waals surface area contributed by atoms with E-state index in [0.717, 1.165) is 38.8 Å². The Morgan fingerprint density at radius 3 is 2.45 bits per heavy atom. The van der Waals surface area contributed by atoms with Gasteiger partial charge in [0.2, 0.25) is 0 Å². The van der Waals surface area contributed by atoms with Gasteiger partial charge >= 0.3 is 0 Å². The van der Waals surface area contributed by atoms with E-state index in [2.05, 4.69) is 26.1 Å². The third-order valence-corrected chi connectivity index (χ3v) is 3.43. The van der Waals surface area contributed by atoms with Gasteiger partial charge in [-0.2, -0.15) is 0 Å². The van der Waals surface area contributed by atoms with E-state index in [-0.39, 0.29) is 6.61 Å². The predicted molar refractivity (Wildman–Crippen MR) is 83.9 cm³/mol. The summed E-state index contributed by atoms with van der Waals surface area (Å²) in [5.74, 6) is 1.22. The van der Waals surface area contributed by atoms with Crippen molar-refractivity contribution in [1.29, 1.82) is 0 Å². The maximum Gasteiger partial charge on any atom is 0.0897 e. The molecule has 0 aromatic carbocycles. The van der Waals surface area contributed by atoms with Crippen LogP contribution in [0, 0.1) is 11.8 Å². The molecule has 122 valence electrons. The van der Waals surface area contributed by atoms with Crippen LogP contribution in [0.25, 0.3) is 0 Å². The first-order valence-electron chi connectivity index (χ1n) is 8.17. The Morgan fingerprint density at radius 2 is 1.85 bits per heavy atom. The molecule has 20 heavy (non-hydrogen) atoms. The molecule has 0 saturated heterocycles. The molecule has 0 aromatic rings. The maximum absolute atomic E-state index is 9.79. The van der Waals surface area contributed by atoms with Crippen molar-refractivity contribution in [2.24, 2.45) is 11.8 Å². The van der Waals surface area contributed by atoms with Crippen LogP contribution in [0.1, 0.15) is 52.9 Å². The average Bonchev–Trinajstić information content (AvgIpc) is 2.38. The molecule has 0 fully saturated rings. The Kier molecular flexibility index (Phi) is 13.7. The van der Waals surface area contributed by atoms with Crippen molar-refractivity contribution in [3.05, 3.63) is 0 Å². The summed E-state index contributed by atoms with van der Waals surface area (Å²) in [6, 6.07) is 0. The monoisotopic (exact) mass is 289 g/mol. The molecular formula is C16H35NO3. The number of aliphatic hydroxyl groups excluding tert-OH is 2. The topological polar surface area (TPSA) is 61.7 Å². The quantitative estimate of drug-likeness (QED) is 0.429. The van der Waals surface area contributed by atoms with Crippen LogP contribution < -0.4 is 5.32 Å². The SMILES string of the molecule is CCCC(CCO)CNCC(O)COCCCC(C)C. The zero-order valence-corrected chi connectivity index (χ0v) is 13.6. The fourth-order valence-electron chi connectivity index (χ4n) is 2.27. The van der Waals surface area contributed by atoms with Gasteiger partial charge in [0, 0.05) is 19.8 Å². The molecule has 0 aliphatic heterocycles. The molecule has 2 atom stereocenters. The van der Waals surface area contributed by atoms with Crippen molar-refractivity contribution < 1.29 is 14.9 Å². The Labute approximate surface area is 124 Å². The predicted octanol–water partition coefficient (Wildman–Crippen LogP) is 2.19. The van der Waals surface area contributed by atoms with Gasteiger partial charge in [0.1, 0.15) is 0 Å². The lowest BCUT2D eigenvalue weighted by Gasteiger charge is -2.18. The summed E-state index contributed by atoms with van der Waals surface area (Å²) in [5, 5.41) is 22.0. The molecule has 0 bridgehead atoms. The first kappa shape index (κ1) is 19.8. The number of hydrogen-bond donors (Lipinski definition) is 3. The van der Waals surface area contributed by atoms with Gasteiger partial charge in [-0.25, -0.2) is 0 Å². The molecule has 0 aliphatic carbocycles. The number of rotatable bonds is 14. The van der Waals surface area contributed by atoms with Crippen molar-refractivity contribution in [2.75, 3.05) is 32.9 Å².